The van der Waals surface area contributed by atoms with Crippen LogP contribution in [-0.4, -0.2) is 20.2 Å². The van der Waals surface area contributed by atoms with E-state index in [1.807, 2.05) is 13.0 Å². The van der Waals surface area contributed by atoms with Gasteiger partial charge in [0.05, 0.1) is 19.0 Å². The molecule has 0 amide bonds. The van der Waals surface area contributed by atoms with Gasteiger partial charge in [-0.25, -0.2) is 0 Å². The maximum Gasteiger partial charge on any atom is 0.241 e. The number of Topliss-reactive ketones (excluding diaryl/α,β-unsaturated/α-hetero) is 1. The van der Waals surface area contributed by atoms with Crippen molar-refractivity contribution >= 4 is 14.1 Å². The molecule has 2 radical (unpaired) electrons. The second-order valence-corrected chi connectivity index (χ2v) is 14.6. The molecule has 2 rings (SSSR count). The first-order valence-corrected chi connectivity index (χ1v) is 14.1. The number of allylic oxidation sites excluding steroid dienone is 2. The Labute approximate surface area is 174 Å². The minimum atomic E-state index is -1.76. The number of carbonyl (C=O) groups excluding carboxylic acids is 1. The Balaban J connectivity index is 2.39. The first kappa shape index (κ1) is 23.4. The highest BCUT2D eigenvalue weighted by Gasteiger charge is 2.57. The number of ether oxygens (including phenoxy) is 1. The summed E-state index contributed by atoms with van der Waals surface area (Å²) in [4.78, 5) is 12.9. The molecule has 0 saturated heterocycles. The smallest absolute Gasteiger partial charge is 0.241 e. The van der Waals surface area contributed by atoms with Crippen LogP contribution < -0.4 is 0 Å². The molecular formula is C24H40O3Si. The van der Waals surface area contributed by atoms with Crippen LogP contribution in [0.2, 0.25) is 19.6 Å². The van der Waals surface area contributed by atoms with Crippen molar-refractivity contribution in [2.75, 3.05) is 0 Å². The first-order chi connectivity index (χ1) is 12.9. The van der Waals surface area contributed by atoms with E-state index in [1.165, 1.54) is 5.92 Å². The predicted molar refractivity (Wildman–Crippen MR) is 119 cm³/mol. The third kappa shape index (κ3) is 4.33. The molecule has 5 atom stereocenters. The molecule has 2 fully saturated rings. The predicted octanol–water partition coefficient (Wildman–Crippen LogP) is 6.49. The Morgan fingerprint density at radius 1 is 1.36 bits per heavy atom. The van der Waals surface area contributed by atoms with Gasteiger partial charge in [0.25, 0.3) is 0 Å². The molecule has 0 aromatic heterocycles. The topological polar surface area (TPSA) is 35.5 Å². The highest BCUT2D eigenvalue weighted by Crippen LogP contribution is 2.58. The van der Waals surface area contributed by atoms with Crippen molar-refractivity contribution < 1.29 is 14.0 Å². The molecule has 0 heterocycles. The average molecular weight is 405 g/mol. The van der Waals surface area contributed by atoms with Crippen LogP contribution in [0, 0.1) is 35.7 Å². The van der Waals surface area contributed by atoms with Crippen molar-refractivity contribution in [1.82, 2.24) is 0 Å². The van der Waals surface area contributed by atoms with Gasteiger partial charge in [-0.05, 0) is 71.0 Å². The maximum absolute atomic E-state index is 12.9. The average Bonchev–Trinajstić information content (AvgIpc) is 3.01. The summed E-state index contributed by atoms with van der Waals surface area (Å²) >= 11 is 0. The van der Waals surface area contributed by atoms with Crippen molar-refractivity contribution in [1.29, 1.82) is 0 Å². The van der Waals surface area contributed by atoms with Gasteiger partial charge in [0.15, 0.2) is 0 Å². The fourth-order valence-corrected chi connectivity index (χ4v) is 6.33. The van der Waals surface area contributed by atoms with Crippen LogP contribution in [-0.2, 0) is 14.0 Å². The Bertz CT molecular complexity index is 620. The minimum Gasteiger partial charge on any atom is -0.547 e. The lowest BCUT2D eigenvalue weighted by atomic mass is 9.54. The van der Waals surface area contributed by atoms with Crippen LogP contribution in [0.4, 0.5) is 0 Å². The summed E-state index contributed by atoms with van der Waals surface area (Å²) in [7, 11) is 2.09. The van der Waals surface area contributed by atoms with Crippen LogP contribution in [0.15, 0.2) is 24.5 Å². The number of hydrogen-bond acceptors (Lipinski definition) is 3. The molecule has 2 aliphatic rings. The number of hydrogen-bond donors (Lipinski definition) is 0. The summed E-state index contributed by atoms with van der Waals surface area (Å²) in [5, 5.41) is 0. The fraction of sp³-hybridized carbons (Fsp3) is 0.708. The van der Waals surface area contributed by atoms with Gasteiger partial charge in [-0.15, -0.1) is 6.58 Å². The number of ketones is 1. The van der Waals surface area contributed by atoms with Gasteiger partial charge >= 0.3 is 0 Å². The van der Waals surface area contributed by atoms with Gasteiger partial charge in [-0.3, -0.25) is 4.79 Å². The van der Waals surface area contributed by atoms with E-state index in [0.29, 0.717) is 24.5 Å². The van der Waals surface area contributed by atoms with Crippen LogP contribution >= 0.6 is 0 Å². The van der Waals surface area contributed by atoms with Crippen molar-refractivity contribution in [3.05, 3.63) is 37.5 Å². The molecule has 4 heteroatoms. The second-order valence-electron chi connectivity index (χ2n) is 10.2. The summed E-state index contributed by atoms with van der Waals surface area (Å²) < 4.78 is 12.3. The van der Waals surface area contributed by atoms with E-state index in [1.54, 1.807) is 0 Å². The Morgan fingerprint density at radius 2 is 2.00 bits per heavy atom. The first-order valence-electron chi connectivity index (χ1n) is 10.7. The highest BCUT2D eigenvalue weighted by atomic mass is 28.4. The second kappa shape index (κ2) is 8.47. The van der Waals surface area contributed by atoms with Crippen molar-refractivity contribution in [2.24, 2.45) is 22.7 Å². The summed E-state index contributed by atoms with van der Waals surface area (Å²) in [5.41, 5.74) is -0.607. The molecule has 3 nitrogen and oxygen atoms in total. The number of carbonyl (C=O) groups is 1. The van der Waals surface area contributed by atoms with Gasteiger partial charge in [0, 0.05) is 23.2 Å². The van der Waals surface area contributed by atoms with E-state index in [-0.39, 0.29) is 22.9 Å². The SMILES string of the molecule is [CH2]O[C@H](C[C@@](C)(C=C)/C(=C/C)O[Si](C)(C)C)C1(C)C(C)CC[C]2CCC(=O)[C@@H]21. The maximum atomic E-state index is 12.9. The molecule has 0 aliphatic heterocycles. The lowest BCUT2D eigenvalue weighted by Gasteiger charge is -2.52. The van der Waals surface area contributed by atoms with E-state index in [2.05, 4.69) is 60.2 Å². The third-order valence-electron chi connectivity index (χ3n) is 7.20. The van der Waals surface area contributed by atoms with Gasteiger partial charge in [0.2, 0.25) is 8.32 Å². The van der Waals surface area contributed by atoms with Crippen molar-refractivity contribution in [3.8, 4) is 0 Å². The van der Waals surface area contributed by atoms with E-state index < -0.39 is 8.32 Å². The molecule has 0 N–H and O–H groups in total. The quantitative estimate of drug-likeness (QED) is 0.263. The minimum absolute atomic E-state index is 0.00373. The Kier molecular flexibility index (Phi) is 7.08. The lowest BCUT2D eigenvalue weighted by molar-refractivity contribution is -0.135. The molecular weight excluding hydrogens is 364 g/mol. The highest BCUT2D eigenvalue weighted by molar-refractivity contribution is 6.70. The van der Waals surface area contributed by atoms with Gasteiger partial charge in [0.1, 0.15) is 5.78 Å². The molecule has 0 aromatic rings. The zero-order chi connectivity index (χ0) is 21.3. The van der Waals surface area contributed by atoms with Crippen LogP contribution in [0.1, 0.15) is 59.8 Å². The normalized spacial score (nSPS) is 32.6. The summed E-state index contributed by atoms with van der Waals surface area (Å²) in [6.07, 6.45) is 8.43. The lowest BCUT2D eigenvalue weighted by Crippen LogP contribution is -2.52. The van der Waals surface area contributed by atoms with E-state index >= 15 is 0 Å². The fourth-order valence-electron chi connectivity index (χ4n) is 5.32. The standard InChI is InChI=1S/C24H40O3Si/c1-10-20(27-28(7,8)9)23(4,11-2)16-21(26-6)24(5)17(3)12-13-18-14-15-19(25)22(18)24/h10-11,17,21-22H,2,6,12-16H2,1,3-5,7-9H3/b20-10-/t17?,21-,22-,23-,24?/m1/s1. The summed E-state index contributed by atoms with van der Waals surface area (Å²) in [6.45, 7) is 19.4. The van der Waals surface area contributed by atoms with Crippen molar-refractivity contribution in [2.45, 2.75) is 85.5 Å². The Hall–Kier alpha value is -0.873. The monoisotopic (exact) mass is 404 g/mol. The Morgan fingerprint density at radius 3 is 2.50 bits per heavy atom. The zero-order valence-electron chi connectivity index (χ0n) is 19.1. The van der Waals surface area contributed by atoms with Gasteiger partial charge in [-0.1, -0.05) is 26.0 Å². The molecule has 2 aliphatic carbocycles. The molecule has 0 bridgehead atoms. The van der Waals surface area contributed by atoms with Gasteiger partial charge < -0.3 is 9.16 Å². The molecule has 158 valence electrons. The van der Waals surface area contributed by atoms with E-state index in [0.717, 1.165) is 25.0 Å². The largest absolute Gasteiger partial charge is 0.547 e. The molecule has 2 saturated carbocycles. The molecule has 2 unspecified atom stereocenters. The van der Waals surface area contributed by atoms with Crippen LogP contribution in [0.5, 0.6) is 0 Å². The molecule has 0 aromatic carbocycles. The number of rotatable bonds is 8. The number of fused-ring (bicyclic) bond motifs is 1. The summed E-state index contributed by atoms with van der Waals surface area (Å²) in [5.74, 6) is 3.17. The van der Waals surface area contributed by atoms with Crippen LogP contribution in [0.25, 0.3) is 0 Å². The molecule has 0 spiro atoms. The van der Waals surface area contributed by atoms with E-state index in [9.17, 15) is 4.79 Å². The third-order valence-corrected chi connectivity index (χ3v) is 8.03. The zero-order valence-corrected chi connectivity index (χ0v) is 20.1. The van der Waals surface area contributed by atoms with Crippen molar-refractivity contribution in [3.63, 3.8) is 0 Å². The van der Waals surface area contributed by atoms with E-state index in [4.69, 9.17) is 9.16 Å². The molecule has 28 heavy (non-hydrogen) atoms. The summed E-state index contributed by atoms with van der Waals surface area (Å²) in [6, 6.07) is 0. The van der Waals surface area contributed by atoms with Crippen LogP contribution in [0.3, 0.4) is 0 Å². The van der Waals surface area contributed by atoms with Gasteiger partial charge in [-0.2, -0.15) is 0 Å².